The van der Waals surface area contributed by atoms with Gasteiger partial charge in [0.1, 0.15) is 0 Å². The molecule has 0 saturated carbocycles. The Hall–Kier alpha value is -1.94. The molecular weight excluding hydrogens is 298 g/mol. The number of hydrogen-bond acceptors (Lipinski definition) is 3. The highest BCUT2D eigenvalue weighted by molar-refractivity contribution is 5.79. The second-order valence-electron chi connectivity index (χ2n) is 7.08. The van der Waals surface area contributed by atoms with E-state index in [1.165, 1.54) is 10.9 Å². The lowest BCUT2D eigenvalue weighted by Crippen LogP contribution is -2.43. The van der Waals surface area contributed by atoms with Crippen molar-refractivity contribution in [3.8, 4) is 0 Å². The number of pyridine rings is 1. The number of hydrogen-bond donors (Lipinski definition) is 1. The third-order valence-corrected chi connectivity index (χ3v) is 5.07. The van der Waals surface area contributed by atoms with Gasteiger partial charge in [0.2, 0.25) is 5.91 Å². The molecule has 1 fully saturated rings. The highest BCUT2D eigenvalue weighted by Gasteiger charge is 2.24. The molecule has 4 heteroatoms. The van der Waals surface area contributed by atoms with E-state index in [0.717, 1.165) is 43.7 Å². The van der Waals surface area contributed by atoms with Crippen molar-refractivity contribution < 1.29 is 4.79 Å². The summed E-state index contributed by atoms with van der Waals surface area (Å²) in [7, 11) is 0. The number of carbonyl (C=O) groups excluding carboxylic acids is 1. The van der Waals surface area contributed by atoms with Gasteiger partial charge in [-0.25, -0.2) is 0 Å². The molecule has 128 valence electrons. The van der Waals surface area contributed by atoms with Gasteiger partial charge in [0.15, 0.2) is 0 Å². The number of aromatic nitrogens is 1. The molecule has 2 aromatic rings. The van der Waals surface area contributed by atoms with Crippen molar-refractivity contribution in [3.05, 3.63) is 41.6 Å². The van der Waals surface area contributed by atoms with E-state index in [4.69, 9.17) is 0 Å². The molecule has 0 bridgehead atoms. The minimum atomic E-state index is 0.0740. The van der Waals surface area contributed by atoms with Gasteiger partial charge in [-0.15, -0.1) is 0 Å². The van der Waals surface area contributed by atoms with Gasteiger partial charge in [-0.2, -0.15) is 0 Å². The van der Waals surface area contributed by atoms with Crippen LogP contribution in [-0.2, 0) is 11.3 Å². The first kappa shape index (κ1) is 16.9. The Bertz CT molecular complexity index is 720. The molecule has 0 radical (unpaired) electrons. The van der Waals surface area contributed by atoms with Gasteiger partial charge in [0.25, 0.3) is 0 Å². The van der Waals surface area contributed by atoms with Crippen molar-refractivity contribution in [2.24, 2.45) is 5.92 Å². The minimum absolute atomic E-state index is 0.0740. The van der Waals surface area contributed by atoms with E-state index >= 15 is 0 Å². The molecule has 1 aliphatic heterocycles. The summed E-state index contributed by atoms with van der Waals surface area (Å²) in [5, 5.41) is 4.25. The number of nitrogens with one attached hydrogen (secondary N) is 1. The van der Waals surface area contributed by atoms with Crippen LogP contribution in [0.15, 0.2) is 30.3 Å². The number of carbonyl (C=O) groups is 1. The molecule has 1 unspecified atom stereocenters. The molecule has 0 spiro atoms. The molecule has 1 aromatic carbocycles. The Kier molecular flexibility index (Phi) is 5.14. The standard InChI is InChI=1S/C20H27N3O/c1-14-4-6-19-12-17(5-7-20(19)21-14)13-23-10-8-18(9-11-23)15(2)22-16(3)24/h4-7,12,15,18H,8-11,13H2,1-3H3,(H,22,24). The lowest BCUT2D eigenvalue weighted by molar-refractivity contribution is -0.120. The van der Waals surface area contributed by atoms with Crippen molar-refractivity contribution in [1.29, 1.82) is 0 Å². The molecule has 3 rings (SSSR count). The van der Waals surface area contributed by atoms with Gasteiger partial charge in [0.05, 0.1) is 5.52 Å². The Morgan fingerprint density at radius 2 is 2.04 bits per heavy atom. The molecule has 1 amide bonds. The zero-order valence-electron chi connectivity index (χ0n) is 14.9. The summed E-state index contributed by atoms with van der Waals surface area (Å²) in [6, 6.07) is 11.1. The van der Waals surface area contributed by atoms with Crippen LogP contribution in [0, 0.1) is 12.8 Å². The van der Waals surface area contributed by atoms with Crippen LogP contribution < -0.4 is 5.32 Å². The molecule has 0 aliphatic carbocycles. The molecule has 1 aromatic heterocycles. The van der Waals surface area contributed by atoms with E-state index in [1.54, 1.807) is 6.92 Å². The van der Waals surface area contributed by atoms with E-state index in [9.17, 15) is 4.79 Å². The van der Waals surface area contributed by atoms with Gasteiger partial charge in [-0.1, -0.05) is 12.1 Å². The van der Waals surface area contributed by atoms with Crippen molar-refractivity contribution in [2.75, 3.05) is 13.1 Å². The highest BCUT2D eigenvalue weighted by atomic mass is 16.1. The molecule has 2 heterocycles. The summed E-state index contributed by atoms with van der Waals surface area (Å²) in [6.45, 7) is 8.93. The summed E-state index contributed by atoms with van der Waals surface area (Å²) in [5.41, 5.74) is 3.48. The monoisotopic (exact) mass is 325 g/mol. The summed E-state index contributed by atoms with van der Waals surface area (Å²) < 4.78 is 0. The average Bonchev–Trinajstić information content (AvgIpc) is 2.55. The number of rotatable bonds is 4. The zero-order chi connectivity index (χ0) is 17.1. The van der Waals surface area contributed by atoms with Crippen LogP contribution >= 0.6 is 0 Å². The fourth-order valence-electron chi connectivity index (χ4n) is 3.68. The van der Waals surface area contributed by atoms with Gasteiger partial charge < -0.3 is 5.32 Å². The Morgan fingerprint density at radius 3 is 2.75 bits per heavy atom. The third-order valence-electron chi connectivity index (χ3n) is 5.07. The van der Waals surface area contributed by atoms with Crippen LogP contribution in [0.3, 0.4) is 0 Å². The predicted molar refractivity (Wildman–Crippen MR) is 97.8 cm³/mol. The fourth-order valence-corrected chi connectivity index (χ4v) is 3.68. The number of benzene rings is 1. The SMILES string of the molecule is CC(=O)NC(C)C1CCN(Cc2ccc3nc(C)ccc3c2)CC1. The largest absolute Gasteiger partial charge is 0.354 e. The van der Waals surface area contributed by atoms with E-state index in [1.807, 2.05) is 6.92 Å². The fraction of sp³-hybridized carbons (Fsp3) is 0.500. The van der Waals surface area contributed by atoms with Crippen molar-refractivity contribution in [2.45, 2.75) is 46.2 Å². The van der Waals surface area contributed by atoms with Gasteiger partial charge >= 0.3 is 0 Å². The number of aryl methyl sites for hydroxylation is 1. The van der Waals surface area contributed by atoms with E-state index in [0.29, 0.717) is 5.92 Å². The minimum Gasteiger partial charge on any atom is -0.354 e. The number of amides is 1. The van der Waals surface area contributed by atoms with E-state index < -0.39 is 0 Å². The summed E-state index contributed by atoms with van der Waals surface area (Å²) in [4.78, 5) is 18.3. The second-order valence-corrected chi connectivity index (χ2v) is 7.08. The second kappa shape index (κ2) is 7.31. The lowest BCUT2D eigenvalue weighted by atomic mass is 9.90. The quantitative estimate of drug-likeness (QED) is 0.938. The van der Waals surface area contributed by atoms with E-state index in [2.05, 4.69) is 52.5 Å². The lowest BCUT2D eigenvalue weighted by Gasteiger charge is -2.35. The van der Waals surface area contributed by atoms with Crippen molar-refractivity contribution in [3.63, 3.8) is 0 Å². The first-order valence-corrected chi connectivity index (χ1v) is 8.87. The van der Waals surface area contributed by atoms with Crippen LogP contribution in [0.1, 0.15) is 37.9 Å². The number of nitrogens with zero attached hydrogens (tertiary/aromatic N) is 2. The van der Waals surface area contributed by atoms with Crippen LogP contribution in [0.4, 0.5) is 0 Å². The third kappa shape index (κ3) is 4.12. The predicted octanol–water partition coefficient (Wildman–Crippen LogP) is 3.28. The van der Waals surface area contributed by atoms with Gasteiger partial charge in [-0.3, -0.25) is 14.7 Å². The van der Waals surface area contributed by atoms with Crippen LogP contribution in [0.2, 0.25) is 0 Å². The van der Waals surface area contributed by atoms with Gasteiger partial charge in [-0.05, 0) is 69.5 Å². The maximum absolute atomic E-state index is 11.2. The maximum Gasteiger partial charge on any atom is 0.217 e. The molecule has 1 atom stereocenters. The van der Waals surface area contributed by atoms with Crippen LogP contribution in [0.25, 0.3) is 10.9 Å². The molecular formula is C20H27N3O. The van der Waals surface area contributed by atoms with E-state index in [-0.39, 0.29) is 11.9 Å². The van der Waals surface area contributed by atoms with Crippen LogP contribution in [-0.4, -0.2) is 34.9 Å². The number of likely N-dealkylation sites (tertiary alicyclic amines) is 1. The average molecular weight is 325 g/mol. The number of piperidine rings is 1. The van der Waals surface area contributed by atoms with Gasteiger partial charge in [0, 0.05) is 30.6 Å². The topological polar surface area (TPSA) is 45.2 Å². The summed E-state index contributed by atoms with van der Waals surface area (Å²) in [5.74, 6) is 0.666. The first-order valence-electron chi connectivity index (χ1n) is 8.87. The first-order chi connectivity index (χ1) is 11.5. The zero-order valence-corrected chi connectivity index (χ0v) is 14.9. The molecule has 24 heavy (non-hydrogen) atoms. The normalized spacial score (nSPS) is 17.8. The molecule has 4 nitrogen and oxygen atoms in total. The molecule has 1 saturated heterocycles. The summed E-state index contributed by atoms with van der Waals surface area (Å²) in [6.07, 6.45) is 2.30. The molecule has 1 N–H and O–H groups in total. The molecule has 1 aliphatic rings. The smallest absolute Gasteiger partial charge is 0.217 e. The Balaban J connectivity index is 1.58. The number of fused-ring (bicyclic) bond motifs is 1. The van der Waals surface area contributed by atoms with Crippen molar-refractivity contribution in [1.82, 2.24) is 15.2 Å². The highest BCUT2D eigenvalue weighted by Crippen LogP contribution is 2.23. The maximum atomic E-state index is 11.2. The Labute approximate surface area is 144 Å². The Morgan fingerprint density at radius 1 is 1.29 bits per heavy atom. The summed E-state index contributed by atoms with van der Waals surface area (Å²) >= 11 is 0. The van der Waals surface area contributed by atoms with Crippen LogP contribution in [0.5, 0.6) is 0 Å². The van der Waals surface area contributed by atoms with Crippen molar-refractivity contribution >= 4 is 16.8 Å².